The Bertz CT molecular complexity index is 705. The van der Waals surface area contributed by atoms with Crippen LogP contribution in [0.1, 0.15) is 16.8 Å². The molecule has 0 spiro atoms. The Morgan fingerprint density at radius 3 is 2.76 bits per heavy atom. The van der Waals surface area contributed by atoms with Gasteiger partial charge in [-0.15, -0.1) is 0 Å². The van der Waals surface area contributed by atoms with Crippen molar-refractivity contribution < 1.29 is 9.90 Å². The smallest absolute Gasteiger partial charge is 0.224 e. The number of nitrogens with zero attached hydrogens (tertiary/aromatic N) is 2. The molecule has 5 heteroatoms. The van der Waals surface area contributed by atoms with E-state index in [-0.39, 0.29) is 24.5 Å². The largest absolute Gasteiger partial charge is 0.396 e. The maximum atomic E-state index is 12.4. The van der Waals surface area contributed by atoms with Crippen LogP contribution in [0.15, 0.2) is 48.7 Å². The fourth-order valence-corrected chi connectivity index (χ4v) is 3.40. The van der Waals surface area contributed by atoms with E-state index in [1.54, 1.807) is 6.20 Å². The van der Waals surface area contributed by atoms with Crippen LogP contribution in [0, 0.1) is 12.8 Å². The fourth-order valence-electron chi connectivity index (χ4n) is 3.40. The van der Waals surface area contributed by atoms with Gasteiger partial charge >= 0.3 is 0 Å². The standard InChI is InChI=1S/C20H25N3O2/c1-15-6-2-3-7-16(15)10-20(25)22-19-13-23(11-17(19)14-24)12-18-8-4-5-9-21-18/h2-9,17,19,24H,10-14H2,1H3,(H,22,25)/t17-,19+/m0/s1. The minimum Gasteiger partial charge on any atom is -0.396 e. The molecule has 0 unspecified atom stereocenters. The van der Waals surface area contributed by atoms with E-state index in [0.29, 0.717) is 6.42 Å². The van der Waals surface area contributed by atoms with Crippen LogP contribution in [0.5, 0.6) is 0 Å². The lowest BCUT2D eigenvalue weighted by Crippen LogP contribution is -2.42. The number of aliphatic hydroxyl groups excluding tert-OH is 1. The predicted octanol–water partition coefficient (Wildman–Crippen LogP) is 1.54. The van der Waals surface area contributed by atoms with Gasteiger partial charge in [0.05, 0.1) is 12.1 Å². The van der Waals surface area contributed by atoms with Gasteiger partial charge in [-0.25, -0.2) is 0 Å². The Hall–Kier alpha value is -2.24. The van der Waals surface area contributed by atoms with Crippen molar-refractivity contribution in [2.45, 2.75) is 25.9 Å². The molecule has 1 aliphatic heterocycles. The molecule has 1 aromatic carbocycles. The lowest BCUT2D eigenvalue weighted by molar-refractivity contribution is -0.121. The zero-order valence-corrected chi connectivity index (χ0v) is 14.6. The summed E-state index contributed by atoms with van der Waals surface area (Å²) in [6.07, 6.45) is 2.16. The van der Waals surface area contributed by atoms with Crippen molar-refractivity contribution in [2.75, 3.05) is 19.7 Å². The van der Waals surface area contributed by atoms with Gasteiger partial charge in [-0.2, -0.15) is 0 Å². The number of rotatable bonds is 6. The molecule has 3 rings (SSSR count). The van der Waals surface area contributed by atoms with Gasteiger partial charge in [0.2, 0.25) is 5.91 Å². The minimum atomic E-state index is -0.0229. The predicted molar refractivity (Wildman–Crippen MR) is 96.9 cm³/mol. The van der Waals surface area contributed by atoms with Crippen LogP contribution in [-0.2, 0) is 17.8 Å². The number of nitrogens with one attached hydrogen (secondary N) is 1. The number of hydrogen-bond acceptors (Lipinski definition) is 4. The molecule has 0 aliphatic carbocycles. The molecule has 2 atom stereocenters. The first-order valence-electron chi connectivity index (χ1n) is 8.72. The topological polar surface area (TPSA) is 65.5 Å². The number of hydrogen-bond donors (Lipinski definition) is 2. The summed E-state index contributed by atoms with van der Waals surface area (Å²) in [5.74, 6) is 0.0713. The second-order valence-corrected chi connectivity index (χ2v) is 6.74. The van der Waals surface area contributed by atoms with Gasteiger partial charge in [0, 0.05) is 44.4 Å². The van der Waals surface area contributed by atoms with Crippen molar-refractivity contribution >= 4 is 5.91 Å². The second kappa shape index (κ2) is 8.23. The van der Waals surface area contributed by atoms with Crippen LogP contribution in [-0.4, -0.2) is 46.6 Å². The fraction of sp³-hybridized carbons (Fsp3) is 0.400. The van der Waals surface area contributed by atoms with Gasteiger partial charge in [0.25, 0.3) is 0 Å². The lowest BCUT2D eigenvalue weighted by atomic mass is 10.0. The van der Waals surface area contributed by atoms with Gasteiger partial charge in [0.1, 0.15) is 0 Å². The molecular formula is C20H25N3O2. The maximum absolute atomic E-state index is 12.4. The molecule has 25 heavy (non-hydrogen) atoms. The number of benzene rings is 1. The molecule has 0 bridgehead atoms. The highest BCUT2D eigenvalue weighted by Crippen LogP contribution is 2.19. The molecule has 1 aromatic heterocycles. The normalized spacial score (nSPS) is 20.6. The number of likely N-dealkylation sites (tertiary alicyclic amines) is 1. The quantitative estimate of drug-likeness (QED) is 0.838. The number of carbonyl (C=O) groups is 1. The van der Waals surface area contributed by atoms with Gasteiger partial charge in [0.15, 0.2) is 0 Å². The number of carbonyl (C=O) groups excluding carboxylic acids is 1. The van der Waals surface area contributed by atoms with E-state index in [1.807, 2.05) is 49.4 Å². The number of pyridine rings is 1. The van der Waals surface area contributed by atoms with Gasteiger partial charge in [-0.05, 0) is 30.2 Å². The van der Waals surface area contributed by atoms with E-state index >= 15 is 0 Å². The maximum Gasteiger partial charge on any atom is 0.224 e. The molecular weight excluding hydrogens is 314 g/mol. The van der Waals surface area contributed by atoms with E-state index in [4.69, 9.17) is 0 Å². The molecule has 1 amide bonds. The average Bonchev–Trinajstić information content (AvgIpc) is 2.99. The summed E-state index contributed by atoms with van der Waals surface area (Å²) < 4.78 is 0. The van der Waals surface area contributed by atoms with Crippen LogP contribution in [0.25, 0.3) is 0 Å². The first-order valence-corrected chi connectivity index (χ1v) is 8.72. The highest BCUT2D eigenvalue weighted by Gasteiger charge is 2.33. The molecule has 1 saturated heterocycles. The van der Waals surface area contributed by atoms with Gasteiger partial charge in [-0.3, -0.25) is 14.7 Å². The molecule has 0 radical (unpaired) electrons. The third kappa shape index (κ3) is 4.65. The van der Waals surface area contributed by atoms with Crippen LogP contribution in [0.4, 0.5) is 0 Å². The van der Waals surface area contributed by atoms with Crippen molar-refractivity contribution in [2.24, 2.45) is 5.92 Å². The van der Waals surface area contributed by atoms with Crippen molar-refractivity contribution in [3.8, 4) is 0 Å². The summed E-state index contributed by atoms with van der Waals surface area (Å²) >= 11 is 0. The average molecular weight is 339 g/mol. The monoisotopic (exact) mass is 339 g/mol. The minimum absolute atomic E-state index is 0.0115. The Balaban J connectivity index is 1.57. The van der Waals surface area contributed by atoms with Crippen LogP contribution < -0.4 is 5.32 Å². The van der Waals surface area contributed by atoms with Gasteiger partial charge in [-0.1, -0.05) is 30.3 Å². The SMILES string of the molecule is Cc1ccccc1CC(=O)N[C@@H]1CN(Cc2ccccn2)C[C@H]1CO. The molecule has 132 valence electrons. The summed E-state index contributed by atoms with van der Waals surface area (Å²) in [7, 11) is 0. The Morgan fingerprint density at radius 2 is 2.04 bits per heavy atom. The second-order valence-electron chi connectivity index (χ2n) is 6.74. The third-order valence-electron chi connectivity index (χ3n) is 4.82. The highest BCUT2D eigenvalue weighted by atomic mass is 16.3. The Labute approximate surface area is 148 Å². The highest BCUT2D eigenvalue weighted by molar-refractivity contribution is 5.79. The van der Waals surface area contributed by atoms with E-state index in [9.17, 15) is 9.90 Å². The van der Waals surface area contributed by atoms with E-state index in [2.05, 4.69) is 15.2 Å². The molecule has 2 heterocycles. The Kier molecular flexibility index (Phi) is 5.79. The zero-order valence-electron chi connectivity index (χ0n) is 14.6. The lowest BCUT2D eigenvalue weighted by Gasteiger charge is -2.18. The first kappa shape index (κ1) is 17.6. The summed E-state index contributed by atoms with van der Waals surface area (Å²) in [5, 5.41) is 12.8. The summed E-state index contributed by atoms with van der Waals surface area (Å²) in [6.45, 7) is 4.34. The summed E-state index contributed by atoms with van der Waals surface area (Å²) in [4.78, 5) is 19.0. The van der Waals surface area contributed by atoms with Crippen molar-refractivity contribution in [3.05, 3.63) is 65.5 Å². The summed E-state index contributed by atoms with van der Waals surface area (Å²) in [6, 6.07) is 13.8. The van der Waals surface area contributed by atoms with E-state index in [1.165, 1.54) is 0 Å². The molecule has 0 saturated carbocycles. The zero-order chi connectivity index (χ0) is 17.6. The molecule has 5 nitrogen and oxygen atoms in total. The number of aromatic nitrogens is 1. The number of aliphatic hydroxyl groups is 1. The van der Waals surface area contributed by atoms with Crippen molar-refractivity contribution in [1.29, 1.82) is 0 Å². The van der Waals surface area contributed by atoms with E-state index < -0.39 is 0 Å². The summed E-state index contributed by atoms with van der Waals surface area (Å²) in [5.41, 5.74) is 3.18. The van der Waals surface area contributed by atoms with Gasteiger partial charge < -0.3 is 10.4 Å². The van der Waals surface area contributed by atoms with Crippen molar-refractivity contribution in [3.63, 3.8) is 0 Å². The molecule has 2 N–H and O–H groups in total. The van der Waals surface area contributed by atoms with Crippen molar-refractivity contribution in [1.82, 2.24) is 15.2 Å². The first-order chi connectivity index (χ1) is 12.2. The number of amides is 1. The molecule has 2 aromatic rings. The van der Waals surface area contributed by atoms with Crippen LogP contribution >= 0.6 is 0 Å². The van der Waals surface area contributed by atoms with E-state index in [0.717, 1.165) is 36.5 Å². The molecule has 1 fully saturated rings. The van der Waals surface area contributed by atoms with Crippen LogP contribution in [0.2, 0.25) is 0 Å². The third-order valence-corrected chi connectivity index (χ3v) is 4.82. The molecule has 1 aliphatic rings. The number of aryl methyl sites for hydroxylation is 1. The van der Waals surface area contributed by atoms with Crippen LogP contribution in [0.3, 0.4) is 0 Å². The Morgan fingerprint density at radius 1 is 1.24 bits per heavy atom.